The fraction of sp³-hybridized carbons (Fsp3) is 0.722. The van der Waals surface area contributed by atoms with Gasteiger partial charge in [0.2, 0.25) is 0 Å². The highest BCUT2D eigenvalue weighted by molar-refractivity contribution is 6.17. The van der Waals surface area contributed by atoms with Gasteiger partial charge in [0.05, 0.1) is 13.2 Å². The van der Waals surface area contributed by atoms with E-state index in [9.17, 15) is 0 Å². The zero-order chi connectivity index (χ0) is 14.7. The van der Waals surface area contributed by atoms with E-state index in [4.69, 9.17) is 16.3 Å². The lowest BCUT2D eigenvalue weighted by atomic mass is 10.1. The fourth-order valence-electron chi connectivity index (χ4n) is 1.83. The molecule has 0 aliphatic heterocycles. The van der Waals surface area contributed by atoms with Crippen LogP contribution in [0.25, 0.3) is 0 Å². The summed E-state index contributed by atoms with van der Waals surface area (Å²) in [5, 5.41) is 0. The number of rotatable bonds is 14. The Morgan fingerprint density at radius 3 is 2.45 bits per heavy atom. The maximum atomic E-state index is 5.55. The molecule has 0 N–H and O–H groups in total. The molecule has 0 aliphatic carbocycles. The Hall–Kier alpha value is -0.490. The molecule has 0 fully saturated rings. The van der Waals surface area contributed by atoms with Crippen molar-refractivity contribution < 1.29 is 4.74 Å². The molecule has 0 heterocycles. The van der Waals surface area contributed by atoms with E-state index in [1.807, 2.05) is 12.2 Å². The number of halogens is 1. The van der Waals surface area contributed by atoms with E-state index in [1.165, 1.54) is 44.9 Å². The maximum Gasteiger partial charge on any atom is 0.0647 e. The van der Waals surface area contributed by atoms with Crippen LogP contribution in [0.2, 0.25) is 0 Å². The zero-order valence-electron chi connectivity index (χ0n) is 13.1. The number of allylic oxidation sites excluding steroid dienone is 1. The lowest BCUT2D eigenvalue weighted by molar-refractivity contribution is 0.167. The van der Waals surface area contributed by atoms with Gasteiger partial charge in [-0.2, -0.15) is 0 Å². The molecule has 0 aromatic rings. The van der Waals surface area contributed by atoms with Gasteiger partial charge in [-0.15, -0.1) is 17.3 Å². The molecule has 0 bridgehead atoms. The Balaban J connectivity index is 3.18. The Labute approximate surface area is 130 Å². The van der Waals surface area contributed by atoms with Crippen LogP contribution >= 0.6 is 11.6 Å². The maximum absolute atomic E-state index is 5.55. The average molecular weight is 299 g/mol. The monoisotopic (exact) mass is 298 g/mol. The summed E-state index contributed by atoms with van der Waals surface area (Å²) in [7, 11) is 0. The minimum Gasteiger partial charge on any atom is -0.377 e. The van der Waals surface area contributed by atoms with Gasteiger partial charge in [-0.1, -0.05) is 51.2 Å². The molecular formula is C18H31ClO. The van der Waals surface area contributed by atoms with Gasteiger partial charge in [-0.25, -0.2) is 0 Å². The molecule has 0 unspecified atom stereocenters. The van der Waals surface area contributed by atoms with Crippen molar-refractivity contribution in [2.45, 2.75) is 64.7 Å². The number of hydrogen-bond acceptors (Lipinski definition) is 1. The summed E-state index contributed by atoms with van der Waals surface area (Å²) in [5.74, 6) is 0.667. The van der Waals surface area contributed by atoms with Gasteiger partial charge in [0, 0.05) is 5.88 Å². The number of alkyl halides is 1. The molecule has 20 heavy (non-hydrogen) atoms. The molecular weight excluding hydrogens is 268 g/mol. The first-order valence-electron chi connectivity index (χ1n) is 8.10. The van der Waals surface area contributed by atoms with Crippen LogP contribution in [0.3, 0.4) is 0 Å². The number of ether oxygens (including phenoxy) is 1. The summed E-state index contributed by atoms with van der Waals surface area (Å²) in [6.07, 6.45) is 19.5. The zero-order valence-corrected chi connectivity index (χ0v) is 13.8. The van der Waals surface area contributed by atoms with E-state index >= 15 is 0 Å². The standard InChI is InChI=1S/C18H31ClO/c1-2-3-4-5-6-7-8-11-14-17-20-18-15-12-9-10-13-16-19/h10-12,14H,2-8,13,15-18H2,1H3. The predicted molar refractivity (Wildman–Crippen MR) is 90.6 cm³/mol. The molecule has 0 saturated carbocycles. The van der Waals surface area contributed by atoms with E-state index in [2.05, 4.69) is 24.8 Å². The third-order valence-electron chi connectivity index (χ3n) is 3.00. The Kier molecular flexibility index (Phi) is 18.1. The summed E-state index contributed by atoms with van der Waals surface area (Å²) in [4.78, 5) is 0. The minimum absolute atomic E-state index is 0.667. The van der Waals surface area contributed by atoms with E-state index < -0.39 is 0 Å². The molecule has 0 radical (unpaired) electrons. The molecule has 2 heteroatoms. The molecule has 0 atom stereocenters. The largest absolute Gasteiger partial charge is 0.377 e. The summed E-state index contributed by atoms with van der Waals surface area (Å²) in [6, 6.07) is 0. The molecule has 1 nitrogen and oxygen atoms in total. The van der Waals surface area contributed by atoms with Gasteiger partial charge in [0.25, 0.3) is 0 Å². The van der Waals surface area contributed by atoms with Crippen LogP contribution in [-0.4, -0.2) is 19.1 Å². The number of hydrogen-bond donors (Lipinski definition) is 0. The quantitative estimate of drug-likeness (QED) is 0.164. The molecule has 0 rings (SSSR count). The lowest BCUT2D eigenvalue weighted by Gasteiger charge is -1.98. The smallest absolute Gasteiger partial charge is 0.0647 e. The van der Waals surface area contributed by atoms with Gasteiger partial charge in [-0.3, -0.25) is 0 Å². The third kappa shape index (κ3) is 17.5. The second kappa shape index (κ2) is 18.5. The summed E-state index contributed by atoms with van der Waals surface area (Å²) >= 11 is 5.55. The van der Waals surface area contributed by atoms with Gasteiger partial charge < -0.3 is 4.74 Å². The normalized spacial score (nSPS) is 10.7. The van der Waals surface area contributed by atoms with E-state index in [1.54, 1.807) is 0 Å². The van der Waals surface area contributed by atoms with Crippen LogP contribution in [0.5, 0.6) is 0 Å². The summed E-state index contributed by atoms with van der Waals surface area (Å²) in [5.41, 5.74) is 3.09. The Morgan fingerprint density at radius 1 is 0.900 bits per heavy atom. The Bertz CT molecular complexity index is 265. The van der Waals surface area contributed by atoms with Gasteiger partial charge >= 0.3 is 0 Å². The predicted octanol–water partition coefficient (Wildman–Crippen LogP) is 6.04. The molecule has 0 saturated heterocycles. The van der Waals surface area contributed by atoms with Crippen molar-refractivity contribution in [2.75, 3.05) is 19.1 Å². The first-order valence-corrected chi connectivity index (χ1v) is 8.63. The van der Waals surface area contributed by atoms with Crippen molar-refractivity contribution in [3.05, 3.63) is 30.0 Å². The van der Waals surface area contributed by atoms with Crippen LogP contribution in [0.15, 0.2) is 30.0 Å². The van der Waals surface area contributed by atoms with Crippen LogP contribution < -0.4 is 0 Å². The van der Waals surface area contributed by atoms with Crippen molar-refractivity contribution in [3.63, 3.8) is 0 Å². The van der Waals surface area contributed by atoms with Crippen LogP contribution in [0, 0.1) is 0 Å². The van der Waals surface area contributed by atoms with Gasteiger partial charge in [-0.05, 0) is 37.8 Å². The fourth-order valence-corrected chi connectivity index (χ4v) is 1.94. The highest BCUT2D eigenvalue weighted by atomic mass is 35.5. The third-order valence-corrected chi connectivity index (χ3v) is 3.22. The highest BCUT2D eigenvalue weighted by Crippen LogP contribution is 2.07. The van der Waals surface area contributed by atoms with E-state index in [0.717, 1.165) is 26.1 Å². The molecule has 0 amide bonds. The molecule has 0 aromatic heterocycles. The van der Waals surface area contributed by atoms with Crippen molar-refractivity contribution in [1.29, 1.82) is 0 Å². The minimum atomic E-state index is 0.667. The highest BCUT2D eigenvalue weighted by Gasteiger charge is 1.88. The second-order valence-electron chi connectivity index (χ2n) is 4.94. The molecule has 0 aliphatic rings. The summed E-state index contributed by atoms with van der Waals surface area (Å²) < 4.78 is 5.50. The average Bonchev–Trinajstić information content (AvgIpc) is 2.47. The molecule has 0 aromatic carbocycles. The van der Waals surface area contributed by atoms with E-state index in [-0.39, 0.29) is 0 Å². The first-order chi connectivity index (χ1) is 9.91. The summed E-state index contributed by atoms with van der Waals surface area (Å²) in [6.45, 7) is 3.76. The first kappa shape index (κ1) is 19.5. The van der Waals surface area contributed by atoms with Crippen molar-refractivity contribution in [3.8, 4) is 0 Å². The van der Waals surface area contributed by atoms with E-state index in [0.29, 0.717) is 5.88 Å². The van der Waals surface area contributed by atoms with Crippen molar-refractivity contribution >= 4 is 11.6 Å². The van der Waals surface area contributed by atoms with Gasteiger partial charge in [0.1, 0.15) is 0 Å². The molecule has 116 valence electrons. The van der Waals surface area contributed by atoms with Crippen molar-refractivity contribution in [1.82, 2.24) is 0 Å². The van der Waals surface area contributed by atoms with Crippen LogP contribution in [-0.2, 0) is 4.74 Å². The Morgan fingerprint density at radius 2 is 1.65 bits per heavy atom. The second-order valence-corrected chi connectivity index (χ2v) is 5.32. The van der Waals surface area contributed by atoms with Crippen LogP contribution in [0.1, 0.15) is 64.7 Å². The number of unbranched alkanes of at least 4 members (excludes halogenated alkanes) is 6. The van der Waals surface area contributed by atoms with Gasteiger partial charge in [0.15, 0.2) is 0 Å². The topological polar surface area (TPSA) is 9.23 Å². The van der Waals surface area contributed by atoms with Crippen LogP contribution in [0.4, 0.5) is 0 Å². The molecule has 0 spiro atoms. The van der Waals surface area contributed by atoms with Crippen molar-refractivity contribution in [2.24, 2.45) is 0 Å². The SMILES string of the molecule is CCCCCCCCC=CCOCCC=C=CCCCl. The lowest BCUT2D eigenvalue weighted by Crippen LogP contribution is -1.92.